The van der Waals surface area contributed by atoms with Gasteiger partial charge < -0.3 is 15.4 Å². The molecular weight excluding hydrogens is 295 g/mol. The molecule has 1 aromatic carbocycles. The van der Waals surface area contributed by atoms with Crippen LogP contribution in [0.5, 0.6) is 5.75 Å². The Kier molecular flexibility index (Phi) is 5.97. The van der Waals surface area contributed by atoms with Crippen LogP contribution in [0.2, 0.25) is 10.0 Å². The molecule has 0 amide bonds. The zero-order valence-corrected chi connectivity index (χ0v) is 13.4. The molecule has 1 aliphatic heterocycles. The SMILES string of the molecule is CN1CCCCC1CCOc1c(Cl)cc(Cl)cc1CN. The summed E-state index contributed by atoms with van der Waals surface area (Å²) in [6.07, 6.45) is 4.87. The summed E-state index contributed by atoms with van der Waals surface area (Å²) in [4.78, 5) is 2.42. The van der Waals surface area contributed by atoms with E-state index in [-0.39, 0.29) is 0 Å². The molecule has 1 atom stereocenters. The lowest BCUT2D eigenvalue weighted by molar-refractivity contribution is 0.153. The maximum Gasteiger partial charge on any atom is 0.142 e. The Hall–Kier alpha value is -0.480. The van der Waals surface area contributed by atoms with Gasteiger partial charge in [0.1, 0.15) is 5.75 Å². The number of benzene rings is 1. The standard InChI is InChI=1S/C15H22Cl2N2O/c1-19-6-3-2-4-13(19)5-7-20-15-11(10-18)8-12(16)9-14(15)17/h8-9,13H,2-7,10,18H2,1H3. The van der Waals surface area contributed by atoms with E-state index in [4.69, 9.17) is 33.7 Å². The topological polar surface area (TPSA) is 38.5 Å². The largest absolute Gasteiger partial charge is 0.492 e. The second-order valence-corrected chi connectivity index (χ2v) is 6.19. The first-order chi connectivity index (χ1) is 9.61. The number of rotatable bonds is 5. The Labute approximate surface area is 131 Å². The van der Waals surface area contributed by atoms with Gasteiger partial charge in [-0.1, -0.05) is 29.6 Å². The minimum Gasteiger partial charge on any atom is -0.492 e. The minimum atomic E-state index is 0.374. The van der Waals surface area contributed by atoms with Crippen LogP contribution in [0.15, 0.2) is 12.1 Å². The molecule has 20 heavy (non-hydrogen) atoms. The third-order valence-electron chi connectivity index (χ3n) is 3.92. The van der Waals surface area contributed by atoms with E-state index in [0.29, 0.717) is 35.0 Å². The Morgan fingerprint density at radius 1 is 1.35 bits per heavy atom. The van der Waals surface area contributed by atoms with Crippen molar-refractivity contribution in [2.75, 3.05) is 20.2 Å². The summed E-state index contributed by atoms with van der Waals surface area (Å²) in [5.74, 6) is 0.678. The zero-order chi connectivity index (χ0) is 14.5. The fourth-order valence-corrected chi connectivity index (χ4v) is 3.32. The molecule has 0 bridgehead atoms. The highest BCUT2D eigenvalue weighted by molar-refractivity contribution is 6.35. The lowest BCUT2D eigenvalue weighted by Gasteiger charge is -2.32. The molecular formula is C15H22Cl2N2O. The van der Waals surface area contributed by atoms with E-state index < -0.39 is 0 Å². The van der Waals surface area contributed by atoms with Crippen LogP contribution in [0.1, 0.15) is 31.2 Å². The van der Waals surface area contributed by atoms with Gasteiger partial charge in [-0.2, -0.15) is 0 Å². The van der Waals surface area contributed by atoms with E-state index in [9.17, 15) is 0 Å². The van der Waals surface area contributed by atoms with Crippen LogP contribution >= 0.6 is 23.2 Å². The minimum absolute atomic E-state index is 0.374. The van der Waals surface area contributed by atoms with Crippen LogP contribution < -0.4 is 10.5 Å². The maximum absolute atomic E-state index is 6.19. The summed E-state index contributed by atoms with van der Waals surface area (Å²) >= 11 is 12.2. The van der Waals surface area contributed by atoms with Crippen molar-refractivity contribution in [3.05, 3.63) is 27.7 Å². The molecule has 1 heterocycles. The number of nitrogens with zero attached hydrogens (tertiary/aromatic N) is 1. The molecule has 0 aromatic heterocycles. The van der Waals surface area contributed by atoms with Crippen LogP contribution in [0.25, 0.3) is 0 Å². The summed E-state index contributed by atoms with van der Waals surface area (Å²) in [7, 11) is 2.18. The van der Waals surface area contributed by atoms with E-state index >= 15 is 0 Å². The van der Waals surface area contributed by atoms with Crippen LogP contribution in [-0.4, -0.2) is 31.1 Å². The number of piperidine rings is 1. The van der Waals surface area contributed by atoms with Crippen LogP contribution in [0.4, 0.5) is 0 Å². The van der Waals surface area contributed by atoms with Crippen molar-refractivity contribution in [2.24, 2.45) is 5.73 Å². The highest BCUT2D eigenvalue weighted by Crippen LogP contribution is 2.32. The van der Waals surface area contributed by atoms with Gasteiger partial charge in [-0.25, -0.2) is 0 Å². The molecule has 0 saturated carbocycles. The molecule has 1 unspecified atom stereocenters. The first-order valence-electron chi connectivity index (χ1n) is 7.13. The molecule has 5 heteroatoms. The molecule has 1 fully saturated rings. The summed E-state index contributed by atoms with van der Waals surface area (Å²) in [5, 5.41) is 1.13. The fourth-order valence-electron chi connectivity index (χ4n) is 2.73. The highest BCUT2D eigenvalue weighted by atomic mass is 35.5. The molecule has 1 saturated heterocycles. The smallest absolute Gasteiger partial charge is 0.142 e. The van der Waals surface area contributed by atoms with Crippen LogP contribution in [0, 0.1) is 0 Å². The Balaban J connectivity index is 1.93. The van der Waals surface area contributed by atoms with Crippen molar-refractivity contribution in [2.45, 2.75) is 38.3 Å². The van der Waals surface area contributed by atoms with Gasteiger partial charge in [0.15, 0.2) is 0 Å². The van der Waals surface area contributed by atoms with Gasteiger partial charge in [-0.3, -0.25) is 0 Å². The molecule has 0 radical (unpaired) electrons. The van der Waals surface area contributed by atoms with Gasteiger partial charge in [0.2, 0.25) is 0 Å². The number of nitrogens with two attached hydrogens (primary N) is 1. The van der Waals surface area contributed by atoms with E-state index in [1.165, 1.54) is 25.8 Å². The first-order valence-corrected chi connectivity index (χ1v) is 7.88. The summed E-state index contributed by atoms with van der Waals surface area (Å²) in [5.41, 5.74) is 6.58. The lowest BCUT2D eigenvalue weighted by atomic mass is 10.0. The Bertz CT molecular complexity index is 454. The van der Waals surface area contributed by atoms with Crippen molar-refractivity contribution in [3.63, 3.8) is 0 Å². The number of likely N-dealkylation sites (tertiary alicyclic amines) is 1. The van der Waals surface area contributed by atoms with Crippen molar-refractivity contribution in [1.82, 2.24) is 4.90 Å². The number of halogens is 2. The first kappa shape index (κ1) is 15.9. The molecule has 1 aromatic rings. The van der Waals surface area contributed by atoms with Crippen molar-refractivity contribution in [1.29, 1.82) is 0 Å². The van der Waals surface area contributed by atoms with E-state index in [1.807, 2.05) is 6.07 Å². The number of ether oxygens (including phenoxy) is 1. The van der Waals surface area contributed by atoms with Crippen molar-refractivity contribution in [3.8, 4) is 5.75 Å². The third-order valence-corrected chi connectivity index (χ3v) is 4.42. The second kappa shape index (κ2) is 7.51. The third kappa shape index (κ3) is 4.01. The molecule has 0 spiro atoms. The molecule has 3 nitrogen and oxygen atoms in total. The summed E-state index contributed by atoms with van der Waals surface area (Å²) in [6, 6.07) is 4.12. The second-order valence-electron chi connectivity index (χ2n) is 5.35. The molecule has 2 N–H and O–H groups in total. The predicted molar refractivity (Wildman–Crippen MR) is 84.7 cm³/mol. The van der Waals surface area contributed by atoms with Crippen LogP contribution in [-0.2, 0) is 6.54 Å². The van der Waals surface area contributed by atoms with Gasteiger partial charge in [-0.15, -0.1) is 0 Å². The van der Waals surface area contributed by atoms with Gasteiger partial charge >= 0.3 is 0 Å². The van der Waals surface area contributed by atoms with Crippen molar-refractivity contribution < 1.29 is 4.74 Å². The normalized spacial score (nSPS) is 20.1. The summed E-state index contributed by atoms with van der Waals surface area (Å²) < 4.78 is 5.87. The van der Waals surface area contributed by atoms with E-state index in [0.717, 1.165) is 12.0 Å². The van der Waals surface area contributed by atoms with Gasteiger partial charge in [0.05, 0.1) is 11.6 Å². The number of hydrogen-bond donors (Lipinski definition) is 1. The van der Waals surface area contributed by atoms with Gasteiger partial charge in [0.25, 0.3) is 0 Å². The zero-order valence-electron chi connectivity index (χ0n) is 11.9. The number of hydrogen-bond acceptors (Lipinski definition) is 3. The fraction of sp³-hybridized carbons (Fsp3) is 0.600. The molecule has 112 valence electrons. The van der Waals surface area contributed by atoms with Gasteiger partial charge in [-0.05, 0) is 45.0 Å². The predicted octanol–water partition coefficient (Wildman–Crippen LogP) is 3.71. The van der Waals surface area contributed by atoms with Crippen LogP contribution in [0.3, 0.4) is 0 Å². The quantitative estimate of drug-likeness (QED) is 0.900. The van der Waals surface area contributed by atoms with E-state index in [2.05, 4.69) is 11.9 Å². The maximum atomic E-state index is 6.19. The Morgan fingerprint density at radius 2 is 2.15 bits per heavy atom. The molecule has 1 aliphatic rings. The summed E-state index contributed by atoms with van der Waals surface area (Å²) in [6.45, 7) is 2.21. The van der Waals surface area contributed by atoms with E-state index in [1.54, 1.807) is 6.07 Å². The van der Waals surface area contributed by atoms with Crippen molar-refractivity contribution >= 4 is 23.2 Å². The Morgan fingerprint density at radius 3 is 2.85 bits per heavy atom. The monoisotopic (exact) mass is 316 g/mol. The average molecular weight is 317 g/mol. The molecule has 0 aliphatic carbocycles. The molecule has 2 rings (SSSR count). The highest BCUT2D eigenvalue weighted by Gasteiger charge is 2.19. The van der Waals surface area contributed by atoms with Gasteiger partial charge in [0, 0.05) is 23.2 Å². The average Bonchev–Trinajstić information content (AvgIpc) is 2.42. The lowest BCUT2D eigenvalue weighted by Crippen LogP contribution is -2.37.